The number of hydrogen-bond acceptors (Lipinski definition) is 2. The maximum Gasteiger partial charge on any atom is 0.0651 e. The molecule has 4 bridgehead atoms. The van der Waals surface area contributed by atoms with Crippen molar-refractivity contribution in [1.29, 1.82) is 0 Å². The first kappa shape index (κ1) is 13.8. The van der Waals surface area contributed by atoms with Gasteiger partial charge in [0.05, 0.1) is 11.8 Å². The van der Waals surface area contributed by atoms with Crippen LogP contribution in [0.25, 0.3) is 0 Å². The van der Waals surface area contributed by atoms with E-state index < -0.39 is 0 Å². The molecule has 1 atom stereocenters. The lowest BCUT2D eigenvalue weighted by Gasteiger charge is -2.58. The molecule has 21 heavy (non-hydrogen) atoms. The molecule has 4 saturated carbocycles. The lowest BCUT2D eigenvalue weighted by molar-refractivity contribution is -0.119. The van der Waals surface area contributed by atoms with E-state index in [4.69, 9.17) is 0 Å². The molecule has 1 N–H and O–H groups in total. The fraction of sp³-hybridized carbons (Fsp3) is 0.833. The molecule has 1 aromatic heterocycles. The summed E-state index contributed by atoms with van der Waals surface area (Å²) in [5, 5.41) is 15.6. The topological polar surface area (TPSA) is 38.0 Å². The summed E-state index contributed by atoms with van der Waals surface area (Å²) in [4.78, 5) is 0. The molecule has 0 aromatic carbocycles. The minimum absolute atomic E-state index is 0.174. The van der Waals surface area contributed by atoms with Crippen molar-refractivity contribution < 1.29 is 5.11 Å². The number of aliphatic hydroxyl groups excluding tert-OH is 1. The van der Waals surface area contributed by atoms with Gasteiger partial charge in [-0.15, -0.1) is 0 Å². The highest BCUT2D eigenvalue weighted by molar-refractivity contribution is 5.13. The standard InChI is InChI=1S/C18H28N2O/c1-3-20-16(4-12(2)19-20)8-17(21)18-9-13-5-14(10-18)7-15(6-13)11-18/h4,13-15,17,21H,3,5-11H2,1-2H3. The van der Waals surface area contributed by atoms with Gasteiger partial charge in [-0.25, -0.2) is 0 Å². The van der Waals surface area contributed by atoms with E-state index in [0.717, 1.165) is 36.4 Å². The lowest BCUT2D eigenvalue weighted by Crippen LogP contribution is -2.52. The summed E-state index contributed by atoms with van der Waals surface area (Å²) in [5.41, 5.74) is 2.52. The van der Waals surface area contributed by atoms with Crippen molar-refractivity contribution in [1.82, 2.24) is 9.78 Å². The van der Waals surface area contributed by atoms with Gasteiger partial charge in [-0.1, -0.05) is 0 Å². The maximum atomic E-state index is 11.1. The molecule has 1 unspecified atom stereocenters. The third-order valence-corrected chi connectivity index (χ3v) is 6.48. The van der Waals surface area contributed by atoms with Crippen LogP contribution in [0.5, 0.6) is 0 Å². The number of nitrogens with zero attached hydrogens (tertiary/aromatic N) is 2. The number of rotatable bonds is 4. The molecular formula is C18H28N2O. The van der Waals surface area contributed by atoms with Crippen molar-refractivity contribution >= 4 is 0 Å². The van der Waals surface area contributed by atoms with E-state index in [0.29, 0.717) is 0 Å². The first-order valence-electron chi connectivity index (χ1n) is 8.79. The van der Waals surface area contributed by atoms with Gasteiger partial charge in [0.15, 0.2) is 0 Å². The smallest absolute Gasteiger partial charge is 0.0651 e. The summed E-state index contributed by atoms with van der Waals surface area (Å²) in [7, 11) is 0. The molecule has 1 aromatic rings. The minimum atomic E-state index is -0.174. The molecular weight excluding hydrogens is 260 g/mol. The monoisotopic (exact) mass is 288 g/mol. The Morgan fingerprint density at radius 1 is 1.24 bits per heavy atom. The molecule has 0 saturated heterocycles. The molecule has 5 rings (SSSR count). The Morgan fingerprint density at radius 3 is 2.33 bits per heavy atom. The normalized spacial score (nSPS) is 38.9. The van der Waals surface area contributed by atoms with Crippen molar-refractivity contribution in [3.05, 3.63) is 17.5 Å². The second-order valence-corrected chi connectivity index (χ2v) is 8.09. The molecule has 4 aliphatic carbocycles. The average molecular weight is 288 g/mol. The van der Waals surface area contributed by atoms with E-state index >= 15 is 0 Å². The zero-order valence-electron chi connectivity index (χ0n) is 13.4. The predicted molar refractivity (Wildman–Crippen MR) is 83.0 cm³/mol. The maximum absolute atomic E-state index is 11.1. The first-order valence-corrected chi connectivity index (χ1v) is 8.79. The highest BCUT2D eigenvalue weighted by atomic mass is 16.3. The molecule has 1 heterocycles. The molecule has 0 amide bonds. The van der Waals surface area contributed by atoms with Crippen LogP contribution in [0.15, 0.2) is 6.07 Å². The summed E-state index contributed by atoms with van der Waals surface area (Å²) < 4.78 is 2.07. The molecule has 0 radical (unpaired) electrons. The summed E-state index contributed by atoms with van der Waals surface area (Å²) in [6, 6.07) is 2.16. The quantitative estimate of drug-likeness (QED) is 0.923. The largest absolute Gasteiger partial charge is 0.392 e. The second kappa shape index (κ2) is 4.84. The Morgan fingerprint density at radius 2 is 1.81 bits per heavy atom. The lowest BCUT2D eigenvalue weighted by atomic mass is 9.48. The van der Waals surface area contributed by atoms with Crippen molar-refractivity contribution in [2.45, 2.75) is 71.4 Å². The van der Waals surface area contributed by atoms with Gasteiger partial charge >= 0.3 is 0 Å². The van der Waals surface area contributed by atoms with Gasteiger partial charge < -0.3 is 5.11 Å². The van der Waals surface area contributed by atoms with E-state index in [9.17, 15) is 5.11 Å². The van der Waals surface area contributed by atoms with E-state index in [1.807, 2.05) is 6.92 Å². The van der Waals surface area contributed by atoms with Crippen LogP contribution in [-0.2, 0) is 13.0 Å². The van der Waals surface area contributed by atoms with E-state index in [1.165, 1.54) is 44.2 Å². The summed E-state index contributed by atoms with van der Waals surface area (Å²) in [6.45, 7) is 5.08. The Balaban J connectivity index is 1.55. The third-order valence-electron chi connectivity index (χ3n) is 6.48. The fourth-order valence-electron chi connectivity index (χ4n) is 6.04. The van der Waals surface area contributed by atoms with Gasteiger partial charge in [-0.3, -0.25) is 4.68 Å². The zero-order chi connectivity index (χ0) is 14.6. The van der Waals surface area contributed by atoms with Crippen LogP contribution < -0.4 is 0 Å². The third kappa shape index (κ3) is 2.25. The number of aliphatic hydroxyl groups is 1. The number of hydrogen-bond donors (Lipinski definition) is 1. The van der Waals surface area contributed by atoms with Crippen LogP contribution in [0.3, 0.4) is 0 Å². The number of aryl methyl sites for hydroxylation is 2. The zero-order valence-corrected chi connectivity index (χ0v) is 13.4. The molecule has 0 spiro atoms. The van der Waals surface area contributed by atoms with E-state index in [1.54, 1.807) is 0 Å². The molecule has 3 heteroatoms. The summed E-state index contributed by atoms with van der Waals surface area (Å²) in [6.07, 6.45) is 8.78. The van der Waals surface area contributed by atoms with Gasteiger partial charge in [0.25, 0.3) is 0 Å². The van der Waals surface area contributed by atoms with Gasteiger partial charge in [0, 0.05) is 18.7 Å². The Kier molecular flexibility index (Phi) is 3.18. The minimum Gasteiger partial charge on any atom is -0.392 e. The average Bonchev–Trinajstić information content (AvgIpc) is 2.77. The summed E-state index contributed by atoms with van der Waals surface area (Å²) in [5.74, 6) is 2.72. The summed E-state index contributed by atoms with van der Waals surface area (Å²) >= 11 is 0. The Labute approximate surface area is 127 Å². The van der Waals surface area contributed by atoms with Crippen molar-refractivity contribution in [2.75, 3.05) is 0 Å². The predicted octanol–water partition coefficient (Wildman–Crippen LogP) is 3.33. The molecule has 0 aliphatic heterocycles. The van der Waals surface area contributed by atoms with E-state index in [2.05, 4.69) is 22.8 Å². The van der Waals surface area contributed by atoms with Crippen LogP contribution in [-0.4, -0.2) is 21.0 Å². The van der Waals surface area contributed by atoms with Crippen molar-refractivity contribution in [3.63, 3.8) is 0 Å². The van der Waals surface area contributed by atoms with Crippen LogP contribution in [0.4, 0.5) is 0 Å². The van der Waals surface area contributed by atoms with Crippen molar-refractivity contribution in [3.8, 4) is 0 Å². The van der Waals surface area contributed by atoms with Gasteiger partial charge in [-0.05, 0) is 81.6 Å². The molecule has 4 aliphatic rings. The van der Waals surface area contributed by atoms with Crippen LogP contribution in [0.2, 0.25) is 0 Å². The fourth-order valence-corrected chi connectivity index (χ4v) is 6.04. The van der Waals surface area contributed by atoms with Gasteiger partial charge in [0.2, 0.25) is 0 Å². The highest BCUT2D eigenvalue weighted by Crippen LogP contribution is 2.61. The molecule has 3 nitrogen and oxygen atoms in total. The SMILES string of the molecule is CCn1nc(C)cc1CC(O)C12CC3CC(CC(C3)C1)C2. The Bertz CT molecular complexity index is 498. The first-order chi connectivity index (χ1) is 10.1. The second-order valence-electron chi connectivity index (χ2n) is 8.09. The highest BCUT2D eigenvalue weighted by Gasteiger charge is 2.53. The van der Waals surface area contributed by atoms with Crippen molar-refractivity contribution in [2.24, 2.45) is 23.2 Å². The number of aromatic nitrogens is 2. The Hall–Kier alpha value is -0.830. The van der Waals surface area contributed by atoms with Crippen LogP contribution in [0, 0.1) is 30.1 Å². The van der Waals surface area contributed by atoms with Gasteiger partial charge in [0.1, 0.15) is 0 Å². The molecule has 4 fully saturated rings. The molecule has 116 valence electrons. The van der Waals surface area contributed by atoms with Crippen LogP contribution >= 0.6 is 0 Å². The van der Waals surface area contributed by atoms with Crippen LogP contribution in [0.1, 0.15) is 56.8 Å². The van der Waals surface area contributed by atoms with E-state index in [-0.39, 0.29) is 11.5 Å². The van der Waals surface area contributed by atoms with Gasteiger partial charge in [-0.2, -0.15) is 5.10 Å².